The highest BCUT2D eigenvalue weighted by atomic mass is 16.7. The number of carboxylic acids is 2. The molecule has 136 valence electrons. The van der Waals surface area contributed by atoms with Crippen molar-refractivity contribution < 1.29 is 34.2 Å². The van der Waals surface area contributed by atoms with E-state index in [0.717, 1.165) is 0 Å². The molecule has 0 spiro atoms. The molecular formula is C16H15N3O7. The van der Waals surface area contributed by atoms with Gasteiger partial charge in [-0.1, -0.05) is 24.3 Å². The number of aromatic carboxylic acids is 2. The van der Waals surface area contributed by atoms with Gasteiger partial charge in [-0.2, -0.15) is 5.48 Å². The Bertz CT molecular complexity index is 827. The summed E-state index contributed by atoms with van der Waals surface area (Å²) in [6, 6.07) is 5.67. The molecule has 0 bridgehead atoms. The van der Waals surface area contributed by atoms with E-state index in [2.05, 4.69) is 10.2 Å². The first-order valence-electron chi connectivity index (χ1n) is 7.24. The fraction of sp³-hybridized carbons (Fsp3) is 0.125. The van der Waals surface area contributed by atoms with E-state index in [1.807, 2.05) is 5.48 Å². The number of carbonyl (C=O) groups is 4. The number of amides is 2. The monoisotopic (exact) mass is 361 g/mol. The summed E-state index contributed by atoms with van der Waals surface area (Å²) in [4.78, 5) is 49.9. The number of hydroxylamine groups is 1. The second-order valence-electron chi connectivity index (χ2n) is 5.18. The van der Waals surface area contributed by atoms with Gasteiger partial charge in [-0.05, 0) is 16.7 Å². The lowest BCUT2D eigenvalue weighted by Gasteiger charge is -2.04. The van der Waals surface area contributed by atoms with E-state index in [0.29, 0.717) is 5.56 Å². The molecule has 0 fully saturated rings. The van der Waals surface area contributed by atoms with E-state index in [-0.39, 0.29) is 34.4 Å². The highest BCUT2D eigenvalue weighted by Crippen LogP contribution is 2.38. The molecule has 2 rings (SSSR count). The molecule has 0 saturated heterocycles. The molecule has 10 heteroatoms. The van der Waals surface area contributed by atoms with Crippen molar-refractivity contribution in [2.24, 2.45) is 0 Å². The van der Waals surface area contributed by atoms with Crippen molar-refractivity contribution >= 4 is 29.6 Å². The molecule has 2 amide bonds. The fourth-order valence-electron chi connectivity index (χ4n) is 2.42. The van der Waals surface area contributed by atoms with Gasteiger partial charge in [-0.3, -0.25) is 4.79 Å². The third-order valence-corrected chi connectivity index (χ3v) is 3.55. The van der Waals surface area contributed by atoms with Gasteiger partial charge in [0.2, 0.25) is 0 Å². The van der Waals surface area contributed by atoms with Gasteiger partial charge < -0.3 is 26.1 Å². The van der Waals surface area contributed by atoms with Crippen LogP contribution in [-0.4, -0.2) is 41.2 Å². The zero-order chi connectivity index (χ0) is 19.4. The van der Waals surface area contributed by atoms with Crippen LogP contribution >= 0.6 is 0 Å². The molecule has 0 aromatic carbocycles. The molecule has 0 aliphatic heterocycles. The van der Waals surface area contributed by atoms with Crippen molar-refractivity contribution in [2.45, 2.75) is 6.42 Å². The maximum atomic E-state index is 11.7. The molecule has 26 heavy (non-hydrogen) atoms. The maximum absolute atomic E-state index is 11.7. The number of rotatable bonds is 4. The van der Waals surface area contributed by atoms with Crippen LogP contribution in [0.5, 0.6) is 0 Å². The largest absolute Gasteiger partial charge is 0.478 e. The highest BCUT2D eigenvalue weighted by molar-refractivity contribution is 6.14. The average Bonchev–Trinajstić information content (AvgIpc) is 2.72. The van der Waals surface area contributed by atoms with Gasteiger partial charge in [0.05, 0.1) is 23.2 Å². The van der Waals surface area contributed by atoms with Crippen LogP contribution in [0.25, 0.3) is 11.1 Å². The number of nitrogens with two attached hydrogens (primary N) is 1. The summed E-state index contributed by atoms with van der Waals surface area (Å²) in [7, 11) is 1.32. The van der Waals surface area contributed by atoms with Gasteiger partial charge in [-0.15, -0.1) is 0 Å². The van der Waals surface area contributed by atoms with E-state index in [1.54, 1.807) is 0 Å². The molecule has 10 nitrogen and oxygen atoms in total. The smallest absolute Gasteiger partial charge is 0.431 e. The Balaban J connectivity index is 2.38. The minimum Gasteiger partial charge on any atom is -0.478 e. The molecule has 0 aromatic rings. The van der Waals surface area contributed by atoms with Crippen LogP contribution in [-0.2, 0) is 16.1 Å². The Morgan fingerprint density at radius 1 is 1.00 bits per heavy atom. The molecule has 0 unspecified atom stereocenters. The van der Waals surface area contributed by atoms with Gasteiger partial charge in [-0.25, -0.2) is 14.4 Å². The lowest BCUT2D eigenvalue weighted by Crippen LogP contribution is -2.32. The average molecular weight is 361 g/mol. The Morgan fingerprint density at radius 3 is 1.92 bits per heavy atom. The summed E-state index contributed by atoms with van der Waals surface area (Å²) < 4.78 is 0. The van der Waals surface area contributed by atoms with Crippen molar-refractivity contribution in [3.63, 3.8) is 0 Å². The second kappa shape index (κ2) is 7.38. The molecule has 0 saturated carbocycles. The standard InChI is InChI=1S/C16H15N3O7/c1-18-16(25)26-19-10(20)6-7-2-4-8-9(5-3-7)12(15(23)24)13(17)11(8)14(21)22/h2-5H,6,17H2,1H3,(H,18,25)(H,19,20)(H,21,22)(H,23,24). The predicted octanol–water partition coefficient (Wildman–Crippen LogP) is 0.700. The van der Waals surface area contributed by atoms with Crippen molar-refractivity contribution in [1.82, 2.24) is 10.8 Å². The van der Waals surface area contributed by atoms with Gasteiger partial charge >= 0.3 is 18.0 Å². The Labute approximate surface area is 146 Å². The first kappa shape index (κ1) is 18.5. The SMILES string of the molecule is CNC(=O)ONC(=O)Cc1ccc2c(C(=O)O)c(N)c(C(=O)O)c-2cc1. The van der Waals surface area contributed by atoms with Gasteiger partial charge in [0.25, 0.3) is 5.91 Å². The minimum atomic E-state index is -1.36. The zero-order valence-electron chi connectivity index (χ0n) is 13.5. The van der Waals surface area contributed by atoms with Gasteiger partial charge in [0.1, 0.15) is 0 Å². The summed E-state index contributed by atoms with van der Waals surface area (Å²) in [5, 5.41) is 20.8. The van der Waals surface area contributed by atoms with Crippen LogP contribution in [0.2, 0.25) is 0 Å². The first-order valence-corrected chi connectivity index (χ1v) is 7.24. The molecule has 0 radical (unpaired) electrons. The predicted molar refractivity (Wildman–Crippen MR) is 88.8 cm³/mol. The topological polar surface area (TPSA) is 168 Å². The quantitative estimate of drug-likeness (QED) is 0.496. The summed E-state index contributed by atoms with van der Waals surface area (Å²) in [5.74, 6) is -3.34. The van der Waals surface area contributed by atoms with Gasteiger partial charge in [0, 0.05) is 7.05 Å². The molecule has 0 aromatic heterocycles. The summed E-state index contributed by atoms with van der Waals surface area (Å²) in [6.45, 7) is 0. The lowest BCUT2D eigenvalue weighted by atomic mass is 10.1. The van der Waals surface area contributed by atoms with Crippen molar-refractivity contribution in [3.8, 4) is 11.1 Å². The van der Waals surface area contributed by atoms with Crippen LogP contribution < -0.4 is 16.5 Å². The zero-order valence-corrected chi connectivity index (χ0v) is 13.5. The van der Waals surface area contributed by atoms with E-state index < -0.39 is 23.9 Å². The number of carbonyl (C=O) groups excluding carboxylic acids is 2. The Hall–Kier alpha value is -3.82. The summed E-state index contributed by atoms with van der Waals surface area (Å²) >= 11 is 0. The van der Waals surface area contributed by atoms with Crippen LogP contribution in [0.1, 0.15) is 26.3 Å². The highest BCUT2D eigenvalue weighted by Gasteiger charge is 2.28. The molecule has 0 heterocycles. The van der Waals surface area contributed by atoms with Crippen molar-refractivity contribution in [2.75, 3.05) is 12.8 Å². The Morgan fingerprint density at radius 2 is 1.50 bits per heavy atom. The van der Waals surface area contributed by atoms with E-state index in [4.69, 9.17) is 5.73 Å². The number of hydrogen-bond acceptors (Lipinski definition) is 6. The van der Waals surface area contributed by atoms with Crippen molar-refractivity contribution in [1.29, 1.82) is 0 Å². The van der Waals surface area contributed by atoms with E-state index in [1.165, 1.54) is 31.3 Å². The van der Waals surface area contributed by atoms with Crippen LogP contribution in [0, 0.1) is 0 Å². The summed E-state index contributed by atoms with van der Waals surface area (Å²) in [5.41, 5.74) is 7.37. The van der Waals surface area contributed by atoms with Crippen LogP contribution in [0.15, 0.2) is 24.3 Å². The van der Waals surface area contributed by atoms with E-state index >= 15 is 0 Å². The third-order valence-electron chi connectivity index (χ3n) is 3.55. The maximum Gasteiger partial charge on any atom is 0.431 e. The van der Waals surface area contributed by atoms with Crippen molar-refractivity contribution in [3.05, 3.63) is 41.0 Å². The normalized spacial score (nSPS) is 10.2. The fourth-order valence-corrected chi connectivity index (χ4v) is 2.42. The second-order valence-corrected chi connectivity index (χ2v) is 5.18. The van der Waals surface area contributed by atoms with Gasteiger partial charge in [0.15, 0.2) is 0 Å². The number of fused-ring (bicyclic) bond motifs is 1. The van der Waals surface area contributed by atoms with Crippen LogP contribution in [0.3, 0.4) is 0 Å². The number of nitrogens with one attached hydrogen (secondary N) is 2. The van der Waals surface area contributed by atoms with Crippen LogP contribution in [0.4, 0.5) is 10.5 Å². The number of anilines is 1. The molecule has 0 atom stereocenters. The summed E-state index contributed by atoms with van der Waals surface area (Å²) in [6.07, 6.45) is -1.03. The molecule has 2 aliphatic rings. The first-order chi connectivity index (χ1) is 12.3. The Kier molecular flexibility index (Phi) is 5.26. The lowest BCUT2D eigenvalue weighted by molar-refractivity contribution is -0.128. The third kappa shape index (κ3) is 3.64. The molecule has 2 aliphatic carbocycles. The van der Waals surface area contributed by atoms with E-state index in [9.17, 15) is 29.4 Å². The molecule has 6 N–H and O–H groups in total. The number of nitrogen functional groups attached to an aromatic ring is 1. The minimum absolute atomic E-state index is 0.140. The number of carboxylic acid groups (broad SMARTS) is 2. The molecular weight excluding hydrogens is 346 g/mol. The number of hydrogen-bond donors (Lipinski definition) is 5.